The fraction of sp³-hybridized carbons (Fsp3) is 0.296. The Kier molecular flexibility index (Phi) is 7.69. The molecule has 0 N–H and O–H groups in total. The summed E-state index contributed by atoms with van der Waals surface area (Å²) in [6.07, 6.45) is 2.30. The number of aryl methyl sites for hydroxylation is 1. The van der Waals surface area contributed by atoms with Gasteiger partial charge in [-0.3, -0.25) is 14.0 Å². The van der Waals surface area contributed by atoms with E-state index in [0.717, 1.165) is 5.56 Å². The summed E-state index contributed by atoms with van der Waals surface area (Å²) in [4.78, 5) is 21.9. The lowest BCUT2D eigenvalue weighted by molar-refractivity contribution is -0.154. The van der Waals surface area contributed by atoms with E-state index in [-0.39, 0.29) is 19.7 Å². The lowest BCUT2D eigenvalue weighted by Crippen LogP contribution is -2.23. The van der Waals surface area contributed by atoms with Crippen molar-refractivity contribution < 1.29 is 19.6 Å². The molecule has 0 spiro atoms. The first-order valence-electron chi connectivity index (χ1n) is 11.6. The molecule has 0 fully saturated rings. The molecular formula is C27H30N4O4S. The van der Waals surface area contributed by atoms with Gasteiger partial charge in [0.05, 0.1) is 28.4 Å². The van der Waals surface area contributed by atoms with E-state index < -0.39 is 16.4 Å². The van der Waals surface area contributed by atoms with Gasteiger partial charge in [-0.05, 0) is 52.3 Å². The Hall–Kier alpha value is -3.72. The number of esters is 1. The summed E-state index contributed by atoms with van der Waals surface area (Å²) in [6, 6.07) is 16.8. The number of hydrogen-bond acceptors (Lipinski definition) is 8. The molecule has 0 saturated carbocycles. The summed E-state index contributed by atoms with van der Waals surface area (Å²) in [6.45, 7) is 7.30. The molecule has 36 heavy (non-hydrogen) atoms. The van der Waals surface area contributed by atoms with Crippen molar-refractivity contribution in [1.82, 2.24) is 20.2 Å². The van der Waals surface area contributed by atoms with Gasteiger partial charge in [-0.1, -0.05) is 36.4 Å². The zero-order valence-corrected chi connectivity index (χ0v) is 21.5. The topological polar surface area (TPSA) is 108 Å². The predicted molar refractivity (Wildman–Crippen MR) is 139 cm³/mol. The molecular weight excluding hydrogens is 476 g/mol. The number of benzene rings is 2. The Morgan fingerprint density at radius 1 is 1.03 bits per heavy atom. The Morgan fingerprint density at radius 2 is 1.72 bits per heavy atom. The smallest absolute Gasteiger partial charge is 0.306 e. The Labute approximate surface area is 214 Å². The molecule has 0 radical (unpaired) electrons. The molecule has 0 aliphatic heterocycles. The SMILES string of the molecule is Cc1ncc(-c2ccccc2S(=O)CCCC(=O)OC(C)(C)C)nc1-c1nnc(-c2ccccc2)o1.[HH]. The zero-order valence-electron chi connectivity index (χ0n) is 20.7. The molecule has 0 aliphatic rings. The van der Waals surface area contributed by atoms with Gasteiger partial charge in [0.15, 0.2) is 0 Å². The number of ether oxygens (including phenoxy) is 1. The number of nitrogens with zero attached hydrogens (tertiary/aromatic N) is 4. The highest BCUT2D eigenvalue weighted by Crippen LogP contribution is 2.29. The average molecular weight is 507 g/mol. The Bertz CT molecular complexity index is 1390. The number of carbonyl (C=O) groups is 1. The van der Waals surface area contributed by atoms with Crippen LogP contribution in [0.4, 0.5) is 0 Å². The minimum absolute atomic E-state index is 0. The molecule has 0 aliphatic carbocycles. The molecule has 2 aromatic carbocycles. The molecule has 8 nitrogen and oxygen atoms in total. The van der Waals surface area contributed by atoms with Crippen molar-refractivity contribution >= 4 is 16.8 Å². The largest absolute Gasteiger partial charge is 0.460 e. The normalized spacial score (nSPS) is 12.3. The molecule has 0 saturated heterocycles. The lowest BCUT2D eigenvalue weighted by Gasteiger charge is -2.19. The first kappa shape index (κ1) is 25.4. The van der Waals surface area contributed by atoms with Crippen LogP contribution in [0.5, 0.6) is 0 Å². The molecule has 4 aromatic rings. The van der Waals surface area contributed by atoms with Crippen LogP contribution < -0.4 is 0 Å². The first-order valence-corrected chi connectivity index (χ1v) is 13.0. The van der Waals surface area contributed by atoms with Crippen LogP contribution >= 0.6 is 0 Å². The van der Waals surface area contributed by atoms with Crippen molar-refractivity contribution in [3.05, 3.63) is 66.5 Å². The molecule has 9 heteroatoms. The molecule has 2 heterocycles. The van der Waals surface area contributed by atoms with E-state index in [9.17, 15) is 9.00 Å². The van der Waals surface area contributed by atoms with Gasteiger partial charge in [0.25, 0.3) is 5.89 Å². The van der Waals surface area contributed by atoms with Crippen molar-refractivity contribution in [1.29, 1.82) is 0 Å². The predicted octanol–water partition coefficient (Wildman–Crippen LogP) is 5.64. The Morgan fingerprint density at radius 3 is 2.47 bits per heavy atom. The van der Waals surface area contributed by atoms with E-state index in [0.29, 0.717) is 45.6 Å². The van der Waals surface area contributed by atoms with Crippen molar-refractivity contribution in [2.45, 2.75) is 51.0 Å². The van der Waals surface area contributed by atoms with E-state index in [4.69, 9.17) is 14.1 Å². The number of rotatable bonds is 8. The number of aromatic nitrogens is 4. The van der Waals surface area contributed by atoms with Gasteiger partial charge in [-0.2, -0.15) is 0 Å². The second-order valence-corrected chi connectivity index (χ2v) is 10.7. The summed E-state index contributed by atoms with van der Waals surface area (Å²) in [5.74, 6) is 0.684. The summed E-state index contributed by atoms with van der Waals surface area (Å²) in [5, 5.41) is 8.33. The van der Waals surface area contributed by atoms with Crippen LogP contribution in [0.15, 0.2) is 70.1 Å². The first-order chi connectivity index (χ1) is 17.2. The third-order valence-corrected chi connectivity index (χ3v) is 6.65. The highest BCUT2D eigenvalue weighted by atomic mass is 32.2. The van der Waals surface area contributed by atoms with Crippen molar-refractivity contribution in [3.63, 3.8) is 0 Å². The molecule has 4 rings (SSSR count). The van der Waals surface area contributed by atoms with Crippen LogP contribution in [0.3, 0.4) is 0 Å². The van der Waals surface area contributed by atoms with Crippen LogP contribution in [-0.4, -0.2) is 41.7 Å². The second-order valence-electron chi connectivity index (χ2n) is 9.20. The van der Waals surface area contributed by atoms with Crippen LogP contribution in [0.25, 0.3) is 34.3 Å². The van der Waals surface area contributed by atoms with E-state index in [1.54, 1.807) is 12.3 Å². The van der Waals surface area contributed by atoms with Crippen LogP contribution in [-0.2, 0) is 20.3 Å². The van der Waals surface area contributed by atoms with E-state index in [1.807, 2.05) is 76.2 Å². The average Bonchev–Trinajstić information content (AvgIpc) is 3.34. The summed E-state index contributed by atoms with van der Waals surface area (Å²) < 4.78 is 24.4. The zero-order chi connectivity index (χ0) is 25.7. The summed E-state index contributed by atoms with van der Waals surface area (Å²) in [7, 11) is -1.34. The number of carbonyl (C=O) groups excluding carboxylic acids is 1. The molecule has 1 unspecified atom stereocenters. The summed E-state index contributed by atoms with van der Waals surface area (Å²) >= 11 is 0. The summed E-state index contributed by atoms with van der Waals surface area (Å²) in [5.41, 5.74) is 2.62. The molecule has 188 valence electrons. The third-order valence-electron chi connectivity index (χ3n) is 5.14. The van der Waals surface area contributed by atoms with E-state index in [2.05, 4.69) is 15.2 Å². The quantitative estimate of drug-likeness (QED) is 0.282. The number of hydrogen-bond donors (Lipinski definition) is 0. The maximum Gasteiger partial charge on any atom is 0.306 e. The second kappa shape index (κ2) is 10.9. The molecule has 1 atom stereocenters. The van der Waals surface area contributed by atoms with Crippen LogP contribution in [0.1, 0.15) is 40.7 Å². The standard InChI is InChI=1S/C27H28N4O4S.H2/c1-18-24(26-31-30-25(34-26)19-11-6-5-7-12-19)29-21(17-28-18)20-13-8-9-14-22(20)36(33)16-10-15-23(32)35-27(2,3)4;/h5-9,11-14,17H,10,15-16H2,1-4H3;1H. The monoisotopic (exact) mass is 506 g/mol. The fourth-order valence-corrected chi connectivity index (χ4v) is 4.80. The highest BCUT2D eigenvalue weighted by molar-refractivity contribution is 7.85. The third kappa shape index (κ3) is 6.28. The van der Waals surface area contributed by atoms with Gasteiger partial charge in [-0.25, -0.2) is 4.98 Å². The molecule has 0 bridgehead atoms. The van der Waals surface area contributed by atoms with Gasteiger partial charge < -0.3 is 9.15 Å². The fourth-order valence-electron chi connectivity index (χ4n) is 3.52. The molecule has 2 aromatic heterocycles. The van der Waals surface area contributed by atoms with Crippen molar-refractivity contribution in [2.75, 3.05) is 5.75 Å². The highest BCUT2D eigenvalue weighted by Gasteiger charge is 2.20. The van der Waals surface area contributed by atoms with Gasteiger partial charge in [0, 0.05) is 29.6 Å². The van der Waals surface area contributed by atoms with Crippen molar-refractivity contribution in [3.8, 4) is 34.3 Å². The molecule has 0 amide bonds. The van der Waals surface area contributed by atoms with E-state index >= 15 is 0 Å². The Balaban J connectivity index is 0.00000380. The lowest BCUT2D eigenvalue weighted by atomic mass is 10.1. The van der Waals surface area contributed by atoms with Gasteiger partial charge in [0.1, 0.15) is 11.3 Å². The van der Waals surface area contributed by atoms with Gasteiger partial charge >= 0.3 is 5.97 Å². The minimum Gasteiger partial charge on any atom is -0.460 e. The van der Waals surface area contributed by atoms with E-state index in [1.165, 1.54) is 0 Å². The maximum absolute atomic E-state index is 13.2. The van der Waals surface area contributed by atoms with Crippen molar-refractivity contribution in [2.24, 2.45) is 0 Å². The minimum atomic E-state index is -1.34. The van der Waals surface area contributed by atoms with Gasteiger partial charge in [0.2, 0.25) is 5.89 Å². The van der Waals surface area contributed by atoms with Gasteiger partial charge in [-0.15, -0.1) is 10.2 Å². The van der Waals surface area contributed by atoms with Crippen LogP contribution in [0.2, 0.25) is 0 Å². The maximum atomic E-state index is 13.2. The van der Waals surface area contributed by atoms with Crippen LogP contribution in [0, 0.1) is 6.92 Å².